The van der Waals surface area contributed by atoms with Crippen LogP contribution in [-0.4, -0.2) is 34.8 Å². The maximum absolute atomic E-state index is 12.6. The van der Waals surface area contributed by atoms with Gasteiger partial charge in [-0.1, -0.05) is 24.3 Å². The van der Waals surface area contributed by atoms with Crippen LogP contribution in [0.5, 0.6) is 0 Å². The molecule has 5 nitrogen and oxygen atoms in total. The minimum Gasteiger partial charge on any atom is -0.377 e. The van der Waals surface area contributed by atoms with E-state index in [0.717, 1.165) is 16.6 Å². The van der Waals surface area contributed by atoms with Crippen LogP contribution in [0, 0.1) is 6.92 Å². The molecule has 1 N–H and O–H groups in total. The molecular formula is C17H22N2O3S. The molecule has 0 aromatic heterocycles. The van der Waals surface area contributed by atoms with E-state index in [9.17, 15) is 13.2 Å². The number of benzene rings is 2. The Labute approximate surface area is 137 Å². The van der Waals surface area contributed by atoms with Crippen molar-refractivity contribution >= 4 is 32.3 Å². The quantitative estimate of drug-likeness (QED) is 0.881. The van der Waals surface area contributed by atoms with E-state index in [1.165, 1.54) is 6.92 Å². The summed E-state index contributed by atoms with van der Waals surface area (Å²) in [5, 5.41) is 1.57. The van der Waals surface area contributed by atoms with Crippen LogP contribution in [0.15, 0.2) is 35.2 Å². The lowest BCUT2D eigenvalue weighted by Gasteiger charge is -2.19. The first kappa shape index (κ1) is 17.4. The number of aryl methyl sites for hydroxylation is 1. The van der Waals surface area contributed by atoms with Gasteiger partial charge in [-0.2, -0.15) is 0 Å². The van der Waals surface area contributed by atoms with Gasteiger partial charge in [0.05, 0.1) is 4.90 Å². The molecular weight excluding hydrogens is 312 g/mol. The van der Waals surface area contributed by atoms with E-state index in [2.05, 4.69) is 4.72 Å². The van der Waals surface area contributed by atoms with Crippen LogP contribution in [0.25, 0.3) is 10.8 Å². The number of anilines is 1. The van der Waals surface area contributed by atoms with Gasteiger partial charge in [0.2, 0.25) is 10.0 Å². The zero-order valence-corrected chi connectivity index (χ0v) is 14.7. The van der Waals surface area contributed by atoms with Crippen molar-refractivity contribution in [1.29, 1.82) is 0 Å². The van der Waals surface area contributed by atoms with Gasteiger partial charge in [-0.3, -0.25) is 4.79 Å². The number of sulfonamides is 1. The SMILES string of the molecule is CC(=O)CCNS(=O)(=O)c1cccc2c(N(C)C)c(C)ccc12. The summed E-state index contributed by atoms with van der Waals surface area (Å²) >= 11 is 0. The van der Waals surface area contributed by atoms with Gasteiger partial charge in [0.1, 0.15) is 5.78 Å². The molecule has 2 rings (SSSR count). The molecule has 0 aliphatic rings. The second-order valence-electron chi connectivity index (χ2n) is 5.83. The average Bonchev–Trinajstić information content (AvgIpc) is 2.45. The monoisotopic (exact) mass is 334 g/mol. The zero-order valence-electron chi connectivity index (χ0n) is 13.9. The van der Waals surface area contributed by atoms with Crippen molar-refractivity contribution in [3.63, 3.8) is 0 Å². The highest BCUT2D eigenvalue weighted by Gasteiger charge is 2.19. The topological polar surface area (TPSA) is 66.5 Å². The van der Waals surface area contributed by atoms with Gasteiger partial charge in [-0.05, 0) is 25.5 Å². The van der Waals surface area contributed by atoms with Crippen molar-refractivity contribution in [2.45, 2.75) is 25.2 Å². The lowest BCUT2D eigenvalue weighted by atomic mass is 10.0. The molecule has 0 fully saturated rings. The highest BCUT2D eigenvalue weighted by atomic mass is 32.2. The summed E-state index contributed by atoms with van der Waals surface area (Å²) in [5.41, 5.74) is 2.09. The highest BCUT2D eigenvalue weighted by molar-refractivity contribution is 7.89. The highest BCUT2D eigenvalue weighted by Crippen LogP contribution is 2.32. The number of ketones is 1. The molecule has 0 amide bonds. The fraction of sp³-hybridized carbons (Fsp3) is 0.353. The molecule has 0 aliphatic carbocycles. The van der Waals surface area contributed by atoms with Gasteiger partial charge in [0.25, 0.3) is 0 Å². The number of carbonyl (C=O) groups excluding carboxylic acids is 1. The molecule has 23 heavy (non-hydrogen) atoms. The second-order valence-corrected chi connectivity index (χ2v) is 7.56. The normalized spacial score (nSPS) is 11.7. The van der Waals surface area contributed by atoms with Crippen molar-refractivity contribution in [2.75, 3.05) is 25.5 Å². The summed E-state index contributed by atoms with van der Waals surface area (Å²) in [4.78, 5) is 13.2. The third-order valence-corrected chi connectivity index (χ3v) is 5.22. The Bertz CT molecular complexity index is 842. The number of nitrogens with one attached hydrogen (secondary N) is 1. The average molecular weight is 334 g/mol. The molecule has 2 aromatic carbocycles. The summed E-state index contributed by atoms with van der Waals surface area (Å²) in [6, 6.07) is 9.01. The van der Waals surface area contributed by atoms with E-state index in [-0.39, 0.29) is 23.6 Å². The summed E-state index contributed by atoms with van der Waals surface area (Å²) in [6.07, 6.45) is 0.187. The molecule has 124 valence electrons. The van der Waals surface area contributed by atoms with Gasteiger partial charge in [0, 0.05) is 43.5 Å². The molecule has 0 saturated carbocycles. The van der Waals surface area contributed by atoms with E-state index >= 15 is 0 Å². The van der Waals surface area contributed by atoms with E-state index in [4.69, 9.17) is 0 Å². The van der Waals surface area contributed by atoms with Gasteiger partial charge < -0.3 is 4.90 Å². The number of fused-ring (bicyclic) bond motifs is 1. The third-order valence-electron chi connectivity index (χ3n) is 3.70. The lowest BCUT2D eigenvalue weighted by Crippen LogP contribution is -2.26. The molecule has 0 radical (unpaired) electrons. The Hall–Kier alpha value is -1.92. The first-order chi connectivity index (χ1) is 10.7. The largest absolute Gasteiger partial charge is 0.377 e. The summed E-state index contributed by atoms with van der Waals surface area (Å²) in [7, 11) is 0.219. The van der Waals surface area contributed by atoms with Gasteiger partial charge in [-0.15, -0.1) is 0 Å². The molecule has 2 aromatic rings. The Morgan fingerprint density at radius 2 is 1.83 bits per heavy atom. The molecule has 0 unspecified atom stereocenters. The van der Waals surface area contributed by atoms with Crippen molar-refractivity contribution < 1.29 is 13.2 Å². The molecule has 0 bridgehead atoms. The minimum atomic E-state index is -3.66. The van der Waals surface area contributed by atoms with Crippen LogP contribution in [-0.2, 0) is 14.8 Å². The fourth-order valence-corrected chi connectivity index (χ4v) is 3.94. The number of nitrogens with zero attached hydrogens (tertiary/aromatic N) is 1. The maximum Gasteiger partial charge on any atom is 0.241 e. The minimum absolute atomic E-state index is 0.0452. The standard InChI is InChI=1S/C17H22N2O3S/c1-12-8-9-14-15(17(12)19(3)4)6-5-7-16(14)23(21,22)18-11-10-13(2)20/h5-9,18H,10-11H2,1-4H3. The zero-order chi connectivity index (χ0) is 17.2. The Morgan fingerprint density at radius 1 is 1.13 bits per heavy atom. The van der Waals surface area contributed by atoms with Crippen LogP contribution in [0.1, 0.15) is 18.9 Å². The molecule has 0 aliphatic heterocycles. The number of hydrogen-bond donors (Lipinski definition) is 1. The molecule has 0 atom stereocenters. The van der Waals surface area contributed by atoms with Crippen LogP contribution in [0.2, 0.25) is 0 Å². The van der Waals surface area contributed by atoms with Crippen molar-refractivity contribution in [3.05, 3.63) is 35.9 Å². The van der Waals surface area contributed by atoms with Gasteiger partial charge in [0.15, 0.2) is 0 Å². The van der Waals surface area contributed by atoms with E-state index in [1.54, 1.807) is 12.1 Å². The maximum atomic E-state index is 12.6. The van der Waals surface area contributed by atoms with Crippen LogP contribution < -0.4 is 9.62 Å². The van der Waals surface area contributed by atoms with Crippen LogP contribution >= 0.6 is 0 Å². The predicted molar refractivity (Wildman–Crippen MR) is 93.5 cm³/mol. The third kappa shape index (κ3) is 3.71. The van der Waals surface area contributed by atoms with Crippen molar-refractivity contribution in [1.82, 2.24) is 4.72 Å². The van der Waals surface area contributed by atoms with Gasteiger partial charge >= 0.3 is 0 Å². The summed E-state index contributed by atoms with van der Waals surface area (Å²) < 4.78 is 27.6. The molecule has 0 spiro atoms. The number of rotatable bonds is 6. The number of carbonyl (C=O) groups is 1. The Morgan fingerprint density at radius 3 is 2.43 bits per heavy atom. The smallest absolute Gasteiger partial charge is 0.241 e. The summed E-state index contributed by atoms with van der Waals surface area (Å²) in [6.45, 7) is 3.56. The lowest BCUT2D eigenvalue weighted by molar-refractivity contribution is -0.116. The van der Waals surface area contributed by atoms with Crippen molar-refractivity contribution in [3.8, 4) is 0 Å². The molecule has 6 heteroatoms. The number of Topliss-reactive ketones (excluding diaryl/α,β-unsaturated/α-hetero) is 1. The predicted octanol–water partition coefficient (Wildman–Crippen LogP) is 2.47. The van der Waals surface area contributed by atoms with E-state index in [1.807, 2.05) is 44.1 Å². The summed E-state index contributed by atoms with van der Waals surface area (Å²) in [5.74, 6) is -0.0452. The van der Waals surface area contributed by atoms with E-state index in [0.29, 0.717) is 5.39 Å². The Kier molecular flexibility index (Phi) is 5.06. The van der Waals surface area contributed by atoms with Gasteiger partial charge in [-0.25, -0.2) is 13.1 Å². The second kappa shape index (κ2) is 6.68. The Balaban J connectivity index is 2.54. The fourth-order valence-electron chi connectivity index (χ4n) is 2.69. The molecule has 0 saturated heterocycles. The first-order valence-corrected chi connectivity index (χ1v) is 8.91. The van der Waals surface area contributed by atoms with Crippen LogP contribution in [0.4, 0.5) is 5.69 Å². The molecule has 0 heterocycles. The van der Waals surface area contributed by atoms with Crippen molar-refractivity contribution in [2.24, 2.45) is 0 Å². The first-order valence-electron chi connectivity index (χ1n) is 7.43. The van der Waals surface area contributed by atoms with E-state index < -0.39 is 10.0 Å². The number of hydrogen-bond acceptors (Lipinski definition) is 4. The van der Waals surface area contributed by atoms with Crippen LogP contribution in [0.3, 0.4) is 0 Å².